The summed E-state index contributed by atoms with van der Waals surface area (Å²) in [5.74, 6) is -1.33. The van der Waals surface area contributed by atoms with Gasteiger partial charge in [-0.1, -0.05) is 42.0 Å². The quantitative estimate of drug-likeness (QED) is 0.321. The van der Waals surface area contributed by atoms with E-state index < -0.39 is 17.9 Å². The predicted molar refractivity (Wildman–Crippen MR) is 142 cm³/mol. The summed E-state index contributed by atoms with van der Waals surface area (Å²) in [6, 6.07) is 16.5. The topological polar surface area (TPSA) is 77.8 Å². The summed E-state index contributed by atoms with van der Waals surface area (Å²) >= 11 is 6.05. The Kier molecular flexibility index (Phi) is 8.41. The molecule has 1 heterocycles. The van der Waals surface area contributed by atoms with Crippen molar-refractivity contribution in [3.05, 3.63) is 106 Å². The Morgan fingerprint density at radius 1 is 1.16 bits per heavy atom. The number of nitrogens with zero attached hydrogens (tertiary/aromatic N) is 1. The third kappa shape index (κ3) is 6.64. The number of carbonyl (C=O) groups is 2. The molecule has 1 fully saturated rings. The number of hydrogen-bond donors (Lipinski definition) is 2. The van der Waals surface area contributed by atoms with Crippen LogP contribution in [0.25, 0.3) is 11.1 Å². The van der Waals surface area contributed by atoms with Gasteiger partial charge in [-0.25, -0.2) is 9.18 Å². The Bertz CT molecular complexity index is 1320. The lowest BCUT2D eigenvalue weighted by atomic mass is 9.96. The lowest BCUT2D eigenvalue weighted by molar-refractivity contribution is -0.128. The third-order valence-electron chi connectivity index (χ3n) is 6.72. The number of aromatic carboxylic acids is 1. The van der Waals surface area contributed by atoms with Gasteiger partial charge in [0.1, 0.15) is 5.82 Å². The number of halogens is 2. The van der Waals surface area contributed by atoms with Crippen molar-refractivity contribution >= 4 is 23.5 Å². The molecule has 7 heteroatoms. The van der Waals surface area contributed by atoms with Gasteiger partial charge in [0.25, 0.3) is 0 Å². The Morgan fingerprint density at radius 2 is 1.92 bits per heavy atom. The van der Waals surface area contributed by atoms with Crippen LogP contribution in [0.5, 0.6) is 0 Å². The van der Waals surface area contributed by atoms with Crippen LogP contribution in [-0.2, 0) is 11.2 Å². The highest BCUT2D eigenvalue weighted by Gasteiger charge is 2.28. The summed E-state index contributed by atoms with van der Waals surface area (Å²) in [6.07, 6.45) is 4.99. The smallest absolute Gasteiger partial charge is 0.335 e. The zero-order chi connectivity index (χ0) is 26.5. The van der Waals surface area contributed by atoms with Crippen molar-refractivity contribution in [3.8, 4) is 11.1 Å². The summed E-state index contributed by atoms with van der Waals surface area (Å²) in [5, 5.41) is 20.4. The third-order valence-corrected chi connectivity index (χ3v) is 6.95. The number of hydrogen-bond acceptors (Lipinski definition) is 3. The highest BCUT2D eigenvalue weighted by atomic mass is 35.5. The molecule has 3 aromatic carbocycles. The van der Waals surface area contributed by atoms with Gasteiger partial charge in [0.05, 0.1) is 17.7 Å². The Morgan fingerprint density at radius 3 is 2.62 bits per heavy atom. The van der Waals surface area contributed by atoms with Crippen molar-refractivity contribution in [3.63, 3.8) is 0 Å². The molecule has 2 atom stereocenters. The molecule has 4 rings (SSSR count). The van der Waals surface area contributed by atoms with Gasteiger partial charge in [0, 0.05) is 18.0 Å². The van der Waals surface area contributed by atoms with Gasteiger partial charge in [-0.15, -0.1) is 0 Å². The minimum Gasteiger partial charge on any atom is -0.478 e. The van der Waals surface area contributed by atoms with Crippen molar-refractivity contribution in [2.24, 2.45) is 0 Å². The number of rotatable bonds is 9. The summed E-state index contributed by atoms with van der Waals surface area (Å²) in [4.78, 5) is 25.3. The van der Waals surface area contributed by atoms with E-state index in [-0.39, 0.29) is 17.5 Å². The fourth-order valence-electron chi connectivity index (χ4n) is 4.75. The molecular weight excluding hydrogens is 493 g/mol. The van der Waals surface area contributed by atoms with Gasteiger partial charge in [-0.3, -0.25) is 4.79 Å². The second-order valence-corrected chi connectivity index (χ2v) is 9.80. The number of benzene rings is 3. The van der Waals surface area contributed by atoms with Crippen LogP contribution in [0.1, 0.15) is 52.4 Å². The van der Waals surface area contributed by atoms with Gasteiger partial charge >= 0.3 is 5.97 Å². The van der Waals surface area contributed by atoms with E-state index in [4.69, 9.17) is 16.7 Å². The van der Waals surface area contributed by atoms with Crippen LogP contribution in [0, 0.1) is 12.7 Å². The minimum absolute atomic E-state index is 0.0663. The Balaban J connectivity index is 1.41. The maximum atomic E-state index is 14.4. The molecule has 1 amide bonds. The van der Waals surface area contributed by atoms with Gasteiger partial charge in [0.15, 0.2) is 0 Å². The lowest BCUT2D eigenvalue weighted by Gasteiger charge is -2.23. The largest absolute Gasteiger partial charge is 0.478 e. The average molecular weight is 522 g/mol. The lowest BCUT2D eigenvalue weighted by Crippen LogP contribution is -2.33. The number of amides is 1. The van der Waals surface area contributed by atoms with Crippen molar-refractivity contribution in [1.82, 2.24) is 4.90 Å². The average Bonchev–Trinajstić information content (AvgIpc) is 3.21. The first-order valence-corrected chi connectivity index (χ1v) is 12.6. The van der Waals surface area contributed by atoms with E-state index >= 15 is 0 Å². The highest BCUT2D eigenvalue weighted by Crippen LogP contribution is 2.30. The first-order valence-electron chi connectivity index (χ1n) is 12.3. The van der Waals surface area contributed by atoms with Gasteiger partial charge in [0.2, 0.25) is 5.91 Å². The number of aliphatic hydroxyl groups excluding tert-OH is 1. The van der Waals surface area contributed by atoms with Gasteiger partial charge < -0.3 is 15.1 Å². The number of carboxylic acid groups (broad SMARTS) is 1. The summed E-state index contributed by atoms with van der Waals surface area (Å²) in [5.41, 5.74) is 4.10. The van der Waals surface area contributed by atoms with E-state index in [9.17, 15) is 19.1 Å². The van der Waals surface area contributed by atoms with Crippen molar-refractivity contribution < 1.29 is 24.2 Å². The van der Waals surface area contributed by atoms with Crippen molar-refractivity contribution in [1.29, 1.82) is 0 Å². The van der Waals surface area contributed by atoms with Crippen LogP contribution in [-0.4, -0.2) is 39.6 Å². The van der Waals surface area contributed by atoms with E-state index in [1.54, 1.807) is 42.5 Å². The predicted octanol–water partition coefficient (Wildman–Crippen LogP) is 6.37. The monoisotopic (exact) mass is 521 g/mol. The molecular formula is C30H29ClFNO4. The molecule has 3 aromatic rings. The molecule has 37 heavy (non-hydrogen) atoms. The molecule has 2 unspecified atom stereocenters. The van der Waals surface area contributed by atoms with E-state index in [1.165, 1.54) is 12.1 Å². The fourth-order valence-corrected chi connectivity index (χ4v) is 4.97. The first kappa shape index (κ1) is 26.6. The number of carbonyl (C=O) groups excluding carboxylic acids is 1. The Labute approximate surface area is 220 Å². The van der Waals surface area contributed by atoms with Crippen molar-refractivity contribution in [2.75, 3.05) is 6.54 Å². The van der Waals surface area contributed by atoms with E-state index in [1.807, 2.05) is 30.0 Å². The summed E-state index contributed by atoms with van der Waals surface area (Å²) < 4.78 is 14.4. The molecule has 192 valence electrons. The maximum absolute atomic E-state index is 14.4. The van der Waals surface area contributed by atoms with Crippen LogP contribution in [0.2, 0.25) is 5.02 Å². The second kappa shape index (κ2) is 11.7. The highest BCUT2D eigenvalue weighted by molar-refractivity contribution is 6.30. The summed E-state index contributed by atoms with van der Waals surface area (Å²) in [6.45, 7) is 2.46. The number of carboxylic acids is 1. The molecule has 2 N–H and O–H groups in total. The Hall–Kier alpha value is -3.48. The number of aryl methyl sites for hydroxylation is 2. The molecule has 0 bridgehead atoms. The molecule has 1 aliphatic rings. The second-order valence-electron chi connectivity index (χ2n) is 9.36. The van der Waals surface area contributed by atoms with Gasteiger partial charge in [-0.2, -0.15) is 0 Å². The number of likely N-dealkylation sites (tertiary alicyclic amines) is 1. The van der Waals surface area contributed by atoms with E-state index in [0.717, 1.165) is 29.5 Å². The summed E-state index contributed by atoms with van der Waals surface area (Å²) in [7, 11) is 0. The zero-order valence-electron chi connectivity index (χ0n) is 20.5. The van der Waals surface area contributed by atoms with Crippen LogP contribution < -0.4 is 0 Å². The van der Waals surface area contributed by atoms with E-state index in [2.05, 4.69) is 0 Å². The SMILES string of the molecule is Cc1cc(Cl)ccc1-c1cc(F)cc(C(O)/C=C/C2CCC(=O)N2CCCc2ccc(C(=O)O)cc2)c1. The van der Waals surface area contributed by atoms with Crippen LogP contribution in [0.15, 0.2) is 72.8 Å². The van der Waals surface area contributed by atoms with Crippen molar-refractivity contribution in [2.45, 2.75) is 44.8 Å². The molecule has 0 spiro atoms. The first-order chi connectivity index (χ1) is 17.7. The molecule has 1 saturated heterocycles. The molecule has 0 saturated carbocycles. The zero-order valence-corrected chi connectivity index (χ0v) is 21.3. The molecule has 0 radical (unpaired) electrons. The number of aliphatic hydroxyl groups is 1. The van der Waals surface area contributed by atoms with Gasteiger partial charge in [-0.05, 0) is 96.5 Å². The maximum Gasteiger partial charge on any atom is 0.335 e. The van der Waals surface area contributed by atoms with Crippen LogP contribution in [0.4, 0.5) is 4.39 Å². The van der Waals surface area contributed by atoms with Crippen LogP contribution in [0.3, 0.4) is 0 Å². The van der Waals surface area contributed by atoms with E-state index in [0.29, 0.717) is 35.5 Å². The fraction of sp³-hybridized carbons (Fsp3) is 0.267. The molecule has 0 aromatic heterocycles. The minimum atomic E-state index is -1.02. The normalized spacial score (nSPS) is 16.5. The molecule has 5 nitrogen and oxygen atoms in total. The molecule has 1 aliphatic heterocycles. The standard InChI is InChI=1S/C30H29ClFNO4/c1-19-15-24(31)8-11-27(19)22-16-23(18-25(32)17-22)28(34)12-9-26-10-13-29(35)33(26)14-2-3-20-4-6-21(7-5-20)30(36)37/h4-9,11-12,15-18,26,28,34H,2-3,10,13-14H2,1H3,(H,36,37)/b12-9+. The van der Waals surface area contributed by atoms with Crippen LogP contribution >= 0.6 is 11.6 Å². The molecule has 0 aliphatic carbocycles.